The lowest BCUT2D eigenvalue weighted by atomic mass is 9.70. The molecule has 1 aromatic heterocycles. The molecule has 1 N–H and O–H groups in total. The molecule has 1 aromatic carbocycles. The molecule has 1 fully saturated rings. The predicted octanol–water partition coefficient (Wildman–Crippen LogP) is 5.47. The molecular weight excluding hydrogens is 292 g/mol. The highest BCUT2D eigenvalue weighted by molar-refractivity contribution is 5.85. The first-order chi connectivity index (χ1) is 11.3. The molecular formula is C22H30N2. The number of allylic oxidation sites excluding steroid dienone is 2. The number of benzene rings is 1. The molecule has 0 bridgehead atoms. The number of hydrogen-bond donors (Lipinski definition) is 1. The van der Waals surface area contributed by atoms with Gasteiger partial charge in [0.25, 0.3) is 0 Å². The first kappa shape index (κ1) is 16.0. The van der Waals surface area contributed by atoms with Crippen molar-refractivity contribution in [3.8, 4) is 0 Å². The number of H-pyrrole nitrogens is 1. The summed E-state index contributed by atoms with van der Waals surface area (Å²) < 4.78 is 0. The van der Waals surface area contributed by atoms with Crippen molar-refractivity contribution in [2.45, 2.75) is 52.5 Å². The number of fused-ring (bicyclic) bond motifs is 6. The van der Waals surface area contributed by atoms with Crippen molar-refractivity contribution in [3.63, 3.8) is 0 Å². The highest BCUT2D eigenvalue weighted by Gasteiger charge is 2.41. The van der Waals surface area contributed by atoms with E-state index in [2.05, 4.69) is 47.1 Å². The van der Waals surface area contributed by atoms with Crippen LogP contribution in [0.5, 0.6) is 0 Å². The van der Waals surface area contributed by atoms with E-state index in [1.807, 2.05) is 0 Å². The fourth-order valence-corrected chi connectivity index (χ4v) is 5.50. The third kappa shape index (κ3) is 2.27. The Labute approximate surface area is 145 Å². The minimum absolute atomic E-state index is 0. The number of aromatic nitrogens is 1. The lowest BCUT2D eigenvalue weighted by Gasteiger charge is -2.48. The van der Waals surface area contributed by atoms with Gasteiger partial charge in [-0.3, -0.25) is 4.90 Å². The van der Waals surface area contributed by atoms with Crippen molar-refractivity contribution >= 4 is 10.9 Å². The van der Waals surface area contributed by atoms with Crippen LogP contribution in [0, 0.1) is 11.8 Å². The van der Waals surface area contributed by atoms with Gasteiger partial charge in [0.05, 0.1) is 6.04 Å². The van der Waals surface area contributed by atoms with Gasteiger partial charge in [-0.25, -0.2) is 0 Å². The molecule has 128 valence electrons. The summed E-state index contributed by atoms with van der Waals surface area (Å²) in [5, 5.41) is 1.46. The minimum Gasteiger partial charge on any atom is -0.357 e. The van der Waals surface area contributed by atoms with E-state index < -0.39 is 0 Å². The molecule has 1 saturated heterocycles. The zero-order chi connectivity index (χ0) is 15.4. The van der Waals surface area contributed by atoms with Crippen molar-refractivity contribution in [1.82, 2.24) is 9.88 Å². The number of aromatic amines is 1. The third-order valence-corrected chi connectivity index (χ3v) is 6.61. The molecule has 0 spiro atoms. The first-order valence-corrected chi connectivity index (χ1v) is 9.37. The maximum Gasteiger partial charge on any atom is 0.0507 e. The molecule has 2 aliphatic heterocycles. The summed E-state index contributed by atoms with van der Waals surface area (Å²) in [7, 11) is 0. The smallest absolute Gasteiger partial charge is 0.0507 e. The molecule has 3 aliphatic rings. The van der Waals surface area contributed by atoms with Gasteiger partial charge in [0.1, 0.15) is 0 Å². The van der Waals surface area contributed by atoms with Gasteiger partial charge in [0.2, 0.25) is 0 Å². The van der Waals surface area contributed by atoms with Gasteiger partial charge in [-0.2, -0.15) is 0 Å². The molecule has 0 radical (unpaired) electrons. The Balaban J connectivity index is 0.00000146. The Morgan fingerprint density at radius 1 is 1.25 bits per heavy atom. The first-order valence-electron chi connectivity index (χ1n) is 9.37. The van der Waals surface area contributed by atoms with E-state index in [0.29, 0.717) is 6.04 Å². The van der Waals surface area contributed by atoms with E-state index in [1.54, 1.807) is 11.1 Å². The Morgan fingerprint density at radius 3 is 3.00 bits per heavy atom. The molecule has 2 nitrogen and oxygen atoms in total. The van der Waals surface area contributed by atoms with Crippen molar-refractivity contribution in [2.75, 3.05) is 13.1 Å². The zero-order valence-corrected chi connectivity index (χ0v) is 14.0. The second-order valence-corrected chi connectivity index (χ2v) is 7.64. The summed E-state index contributed by atoms with van der Waals surface area (Å²) >= 11 is 0. The quantitative estimate of drug-likeness (QED) is 0.690. The van der Waals surface area contributed by atoms with Gasteiger partial charge < -0.3 is 4.98 Å². The molecule has 2 unspecified atom stereocenters. The van der Waals surface area contributed by atoms with E-state index in [4.69, 9.17) is 0 Å². The Bertz CT molecular complexity index is 769. The summed E-state index contributed by atoms with van der Waals surface area (Å²) in [6.45, 7) is 4.89. The van der Waals surface area contributed by atoms with Crippen LogP contribution in [0.15, 0.2) is 35.9 Å². The maximum atomic E-state index is 3.78. The van der Waals surface area contributed by atoms with Gasteiger partial charge in [-0.15, -0.1) is 0 Å². The fraction of sp³-hybridized carbons (Fsp3) is 0.545. The van der Waals surface area contributed by atoms with Crippen LogP contribution in [0.1, 0.15) is 57.3 Å². The predicted molar refractivity (Wildman–Crippen MR) is 102 cm³/mol. The average Bonchev–Trinajstić information content (AvgIpc) is 2.98. The van der Waals surface area contributed by atoms with Crippen LogP contribution in [0.4, 0.5) is 0 Å². The van der Waals surface area contributed by atoms with Crippen LogP contribution in [0.25, 0.3) is 10.9 Å². The highest BCUT2D eigenvalue weighted by Crippen LogP contribution is 2.47. The largest absolute Gasteiger partial charge is 0.357 e. The van der Waals surface area contributed by atoms with Crippen molar-refractivity contribution in [1.29, 1.82) is 0 Å². The standard InChI is InChI=1S/C21H26N2.CH4/c1-2-14-6-5-7-15-13-23-11-10-17-16-8-3-4-9-19(16)22-21(17)20(23)12-18(14)15;/h3-4,6,8-9,15,18,20,22H,2,5,7,10-13H2,1H3;1H4/t15?,18?,20-;/m1./s1. The maximum absolute atomic E-state index is 3.78. The number of nitrogens with one attached hydrogen (secondary N) is 1. The number of nitrogens with zero attached hydrogens (tertiary/aromatic N) is 1. The van der Waals surface area contributed by atoms with Crippen LogP contribution in [-0.4, -0.2) is 23.0 Å². The SMILES string of the molecule is C.CCC1=CCCC2CN3CCc4c([nH]c5ccccc45)[C@H]3CC12. The zero-order valence-electron chi connectivity index (χ0n) is 14.0. The van der Waals surface area contributed by atoms with Gasteiger partial charge in [0, 0.05) is 29.7 Å². The Kier molecular flexibility index (Phi) is 4.04. The van der Waals surface area contributed by atoms with Crippen molar-refractivity contribution in [2.24, 2.45) is 11.8 Å². The van der Waals surface area contributed by atoms with Crippen molar-refractivity contribution < 1.29 is 0 Å². The molecule has 3 atom stereocenters. The summed E-state index contributed by atoms with van der Waals surface area (Å²) in [6.07, 6.45) is 9.03. The van der Waals surface area contributed by atoms with Crippen LogP contribution in [-0.2, 0) is 6.42 Å². The topological polar surface area (TPSA) is 19.0 Å². The van der Waals surface area contributed by atoms with E-state index >= 15 is 0 Å². The number of para-hydroxylation sites is 1. The number of hydrogen-bond acceptors (Lipinski definition) is 1. The monoisotopic (exact) mass is 322 g/mol. The van der Waals surface area contributed by atoms with E-state index in [-0.39, 0.29) is 7.43 Å². The Hall–Kier alpha value is -1.54. The molecule has 1 aliphatic carbocycles. The molecule has 2 aromatic rings. The van der Waals surface area contributed by atoms with Crippen molar-refractivity contribution in [3.05, 3.63) is 47.2 Å². The minimum atomic E-state index is 0. The second kappa shape index (κ2) is 6.07. The average molecular weight is 322 g/mol. The van der Waals surface area contributed by atoms with E-state index in [1.165, 1.54) is 61.8 Å². The second-order valence-electron chi connectivity index (χ2n) is 7.64. The van der Waals surface area contributed by atoms with Crippen LogP contribution in [0.3, 0.4) is 0 Å². The molecule has 24 heavy (non-hydrogen) atoms. The van der Waals surface area contributed by atoms with E-state index in [0.717, 1.165) is 11.8 Å². The summed E-state index contributed by atoms with van der Waals surface area (Å²) in [5.74, 6) is 1.73. The van der Waals surface area contributed by atoms with E-state index in [9.17, 15) is 0 Å². The lowest BCUT2D eigenvalue weighted by Crippen LogP contribution is -2.47. The molecule has 0 saturated carbocycles. The Morgan fingerprint density at radius 2 is 2.12 bits per heavy atom. The summed E-state index contributed by atoms with van der Waals surface area (Å²) in [4.78, 5) is 6.56. The number of piperidine rings is 1. The number of rotatable bonds is 1. The third-order valence-electron chi connectivity index (χ3n) is 6.61. The van der Waals surface area contributed by atoms with Crippen LogP contribution < -0.4 is 0 Å². The molecule has 3 heterocycles. The van der Waals surface area contributed by atoms with Crippen LogP contribution >= 0.6 is 0 Å². The summed E-state index contributed by atoms with van der Waals surface area (Å²) in [5.41, 5.74) is 6.19. The molecule has 0 amide bonds. The summed E-state index contributed by atoms with van der Waals surface area (Å²) in [6, 6.07) is 9.47. The molecule has 5 rings (SSSR count). The highest BCUT2D eigenvalue weighted by atomic mass is 15.2. The molecule has 2 heteroatoms. The van der Waals surface area contributed by atoms with Gasteiger partial charge >= 0.3 is 0 Å². The van der Waals surface area contributed by atoms with Gasteiger partial charge in [-0.1, -0.05) is 44.2 Å². The van der Waals surface area contributed by atoms with Gasteiger partial charge in [-0.05, 0) is 55.6 Å². The fourth-order valence-electron chi connectivity index (χ4n) is 5.50. The van der Waals surface area contributed by atoms with Crippen LogP contribution in [0.2, 0.25) is 0 Å². The lowest BCUT2D eigenvalue weighted by molar-refractivity contribution is 0.0574. The van der Waals surface area contributed by atoms with Gasteiger partial charge in [0.15, 0.2) is 0 Å². The normalized spacial score (nSPS) is 29.2.